The van der Waals surface area contributed by atoms with E-state index in [1.165, 1.54) is 24.3 Å². The maximum atomic E-state index is 13.9. The normalized spacial score (nSPS) is 15.4. The molecule has 154 valence electrons. The molecule has 0 spiro atoms. The summed E-state index contributed by atoms with van der Waals surface area (Å²) in [4.78, 5) is 1.84. The molecule has 1 fully saturated rings. The Morgan fingerprint density at radius 3 is 2.34 bits per heavy atom. The van der Waals surface area contributed by atoms with E-state index >= 15 is 0 Å². The Balaban J connectivity index is 2.02. The lowest BCUT2D eigenvalue weighted by atomic mass is 10.1. The van der Waals surface area contributed by atoms with Crippen molar-refractivity contribution in [2.24, 2.45) is 0 Å². The quantitative estimate of drug-likeness (QED) is 0.473. The molecule has 0 radical (unpaired) electrons. The van der Waals surface area contributed by atoms with Crippen molar-refractivity contribution in [2.45, 2.75) is 30.6 Å². The maximum Gasteiger partial charge on any atom is 0.269 e. The number of aromatic nitrogens is 1. The van der Waals surface area contributed by atoms with Gasteiger partial charge in [-0.05, 0) is 43.5 Å². The third kappa shape index (κ3) is 3.60. The maximum absolute atomic E-state index is 13.9. The van der Waals surface area contributed by atoms with Gasteiger partial charge in [-0.2, -0.15) is 0 Å². The van der Waals surface area contributed by atoms with Crippen molar-refractivity contribution >= 4 is 49.8 Å². The zero-order valence-electron chi connectivity index (χ0n) is 15.3. The second kappa shape index (κ2) is 7.78. The number of anilines is 1. The van der Waals surface area contributed by atoms with Gasteiger partial charge < -0.3 is 4.90 Å². The highest BCUT2D eigenvalue weighted by atomic mass is 35.5. The summed E-state index contributed by atoms with van der Waals surface area (Å²) in [6, 6.07) is 8.97. The van der Waals surface area contributed by atoms with Gasteiger partial charge in [-0.15, -0.1) is 0 Å². The van der Waals surface area contributed by atoms with E-state index < -0.39 is 16.4 Å². The molecule has 29 heavy (non-hydrogen) atoms. The molecule has 4 rings (SSSR count). The van der Waals surface area contributed by atoms with Crippen molar-refractivity contribution in [3.05, 3.63) is 58.2 Å². The van der Waals surface area contributed by atoms with Crippen molar-refractivity contribution in [3.63, 3.8) is 0 Å². The van der Waals surface area contributed by atoms with Crippen LogP contribution in [0.3, 0.4) is 0 Å². The number of fused-ring (bicyclic) bond motifs is 1. The van der Waals surface area contributed by atoms with Gasteiger partial charge in [0.25, 0.3) is 16.4 Å². The number of hydrogen-bond acceptors (Lipinski definition) is 3. The molecular formula is C20H18Cl2F2N2O2S. The number of halogens is 4. The summed E-state index contributed by atoms with van der Waals surface area (Å²) >= 11 is 12.4. The molecule has 3 aromatic rings. The zero-order chi connectivity index (χ0) is 20.8. The molecule has 0 aliphatic carbocycles. The second-order valence-electron chi connectivity index (χ2n) is 6.98. The number of hydrogen-bond donors (Lipinski definition) is 0. The molecule has 4 nitrogen and oxygen atoms in total. The van der Waals surface area contributed by atoms with Crippen molar-refractivity contribution in [1.29, 1.82) is 0 Å². The SMILES string of the molecule is O=S(=O)(c1ccccc1Cl)n1cc(C(F)F)c2c(N3CCCCC3)cc(Cl)cc21. The van der Waals surface area contributed by atoms with E-state index in [9.17, 15) is 17.2 Å². The molecule has 1 saturated heterocycles. The smallest absolute Gasteiger partial charge is 0.269 e. The van der Waals surface area contributed by atoms with Gasteiger partial charge in [-0.3, -0.25) is 0 Å². The molecule has 0 saturated carbocycles. The monoisotopic (exact) mass is 458 g/mol. The van der Waals surface area contributed by atoms with Crippen molar-refractivity contribution in [2.75, 3.05) is 18.0 Å². The van der Waals surface area contributed by atoms with Crippen LogP contribution in [0.4, 0.5) is 14.5 Å². The predicted octanol–water partition coefficient (Wildman–Crippen LogP) is 6.11. The topological polar surface area (TPSA) is 42.3 Å². The lowest BCUT2D eigenvalue weighted by molar-refractivity contribution is 0.153. The first-order valence-electron chi connectivity index (χ1n) is 9.18. The lowest BCUT2D eigenvalue weighted by Crippen LogP contribution is -2.29. The Bertz CT molecular complexity index is 1170. The Hall–Kier alpha value is -1.83. The van der Waals surface area contributed by atoms with Gasteiger partial charge in [0.15, 0.2) is 0 Å². The van der Waals surface area contributed by atoms with Crippen molar-refractivity contribution in [3.8, 4) is 0 Å². The van der Waals surface area contributed by atoms with Gasteiger partial charge in [0.05, 0.1) is 10.5 Å². The number of piperidine rings is 1. The van der Waals surface area contributed by atoms with Crippen LogP contribution in [0.25, 0.3) is 10.9 Å². The van der Waals surface area contributed by atoms with Crippen LogP contribution in [0.1, 0.15) is 31.3 Å². The molecule has 0 atom stereocenters. The van der Waals surface area contributed by atoms with Crippen LogP contribution in [-0.2, 0) is 10.0 Å². The minimum atomic E-state index is -4.20. The lowest BCUT2D eigenvalue weighted by Gasteiger charge is -2.30. The minimum Gasteiger partial charge on any atom is -0.371 e. The first kappa shape index (κ1) is 20.4. The van der Waals surface area contributed by atoms with Crippen LogP contribution < -0.4 is 4.90 Å². The number of alkyl halides is 2. The van der Waals surface area contributed by atoms with Crippen LogP contribution in [0.2, 0.25) is 10.0 Å². The van der Waals surface area contributed by atoms with Crippen LogP contribution in [0.5, 0.6) is 0 Å². The van der Waals surface area contributed by atoms with Gasteiger partial charge in [-0.1, -0.05) is 35.3 Å². The average molecular weight is 459 g/mol. The van der Waals surface area contributed by atoms with Gasteiger partial charge in [0, 0.05) is 40.9 Å². The molecule has 2 heterocycles. The van der Waals surface area contributed by atoms with Crippen LogP contribution in [0.15, 0.2) is 47.5 Å². The van der Waals surface area contributed by atoms with Crippen LogP contribution in [-0.4, -0.2) is 25.5 Å². The third-order valence-electron chi connectivity index (χ3n) is 5.15. The Morgan fingerprint density at radius 2 is 1.69 bits per heavy atom. The minimum absolute atomic E-state index is 0.0197. The molecule has 2 aromatic carbocycles. The summed E-state index contributed by atoms with van der Waals surface area (Å²) in [5.41, 5.74) is 0.316. The van der Waals surface area contributed by atoms with Gasteiger partial charge in [0.2, 0.25) is 0 Å². The third-order valence-corrected chi connectivity index (χ3v) is 7.54. The van der Waals surface area contributed by atoms with Crippen molar-refractivity contribution in [1.82, 2.24) is 3.97 Å². The number of benzene rings is 2. The highest BCUT2D eigenvalue weighted by molar-refractivity contribution is 7.90. The fourth-order valence-electron chi connectivity index (χ4n) is 3.82. The Kier molecular flexibility index (Phi) is 5.48. The molecule has 1 aliphatic heterocycles. The first-order valence-corrected chi connectivity index (χ1v) is 11.4. The van der Waals surface area contributed by atoms with E-state index in [0.717, 1.165) is 29.4 Å². The molecule has 0 amide bonds. The number of nitrogens with zero attached hydrogens (tertiary/aromatic N) is 2. The van der Waals surface area contributed by atoms with E-state index in [-0.39, 0.29) is 31.4 Å². The summed E-state index contributed by atoms with van der Waals surface area (Å²) in [7, 11) is -4.20. The van der Waals surface area contributed by atoms with E-state index in [1.54, 1.807) is 12.1 Å². The molecule has 1 aromatic heterocycles. The summed E-state index contributed by atoms with van der Waals surface area (Å²) < 4.78 is 55.3. The zero-order valence-corrected chi connectivity index (χ0v) is 17.6. The fourth-order valence-corrected chi connectivity index (χ4v) is 5.88. The average Bonchev–Trinajstić information content (AvgIpc) is 3.08. The second-order valence-corrected chi connectivity index (χ2v) is 9.61. The molecule has 9 heteroatoms. The van der Waals surface area contributed by atoms with Crippen LogP contribution >= 0.6 is 23.2 Å². The molecular weight excluding hydrogens is 441 g/mol. The first-order chi connectivity index (χ1) is 13.8. The van der Waals surface area contributed by atoms with E-state index in [4.69, 9.17) is 23.2 Å². The van der Waals surface area contributed by atoms with E-state index in [0.29, 0.717) is 18.8 Å². The summed E-state index contributed by atoms with van der Waals surface area (Å²) in [5, 5.41) is 0.515. The molecule has 0 unspecified atom stereocenters. The largest absolute Gasteiger partial charge is 0.371 e. The fraction of sp³-hybridized carbons (Fsp3) is 0.300. The summed E-state index contributed by atoms with van der Waals surface area (Å²) in [6.45, 7) is 1.42. The molecule has 1 aliphatic rings. The van der Waals surface area contributed by atoms with Gasteiger partial charge >= 0.3 is 0 Å². The van der Waals surface area contributed by atoms with E-state index in [1.807, 2.05) is 4.90 Å². The number of rotatable bonds is 4. The standard InChI is InChI=1S/C20H18Cl2F2N2O2S/c21-13-10-16(25-8-4-1-5-9-25)19-14(20(23)24)12-26(17(19)11-13)29(27,28)18-7-3-2-6-15(18)22/h2-3,6-7,10-12,20H,1,4-5,8-9H2. The predicted molar refractivity (Wildman–Crippen MR) is 112 cm³/mol. The van der Waals surface area contributed by atoms with E-state index in [2.05, 4.69) is 0 Å². The Morgan fingerprint density at radius 1 is 1.00 bits per heavy atom. The van der Waals surface area contributed by atoms with Crippen LogP contribution in [0, 0.1) is 0 Å². The Labute approximate surface area is 177 Å². The summed E-state index contributed by atoms with van der Waals surface area (Å²) in [6.07, 6.45) is 1.10. The highest BCUT2D eigenvalue weighted by Crippen LogP contribution is 2.41. The molecule has 0 N–H and O–H groups in total. The van der Waals surface area contributed by atoms with Gasteiger partial charge in [0.1, 0.15) is 4.90 Å². The van der Waals surface area contributed by atoms with Gasteiger partial charge in [-0.25, -0.2) is 21.2 Å². The highest BCUT2D eigenvalue weighted by Gasteiger charge is 2.29. The van der Waals surface area contributed by atoms with Crippen molar-refractivity contribution < 1.29 is 17.2 Å². The summed E-state index contributed by atoms with van der Waals surface area (Å²) in [5.74, 6) is 0. The molecule has 0 bridgehead atoms.